The third-order valence-electron chi connectivity index (χ3n) is 1.89. The van der Waals surface area contributed by atoms with E-state index in [2.05, 4.69) is 0 Å². The van der Waals surface area contributed by atoms with Gasteiger partial charge in [0.2, 0.25) is 0 Å². The Hall–Kier alpha value is -1.26. The molecule has 1 atom stereocenters. The fourth-order valence-corrected chi connectivity index (χ4v) is 0.867. The van der Waals surface area contributed by atoms with Gasteiger partial charge >= 0.3 is 0 Å². The molecule has 0 saturated carbocycles. The second-order valence-corrected chi connectivity index (χ2v) is 3.13. The summed E-state index contributed by atoms with van der Waals surface area (Å²) in [6.45, 7) is 5.86. The zero-order chi connectivity index (χ0) is 9.89. The van der Waals surface area contributed by atoms with Crippen LogP contribution in [-0.2, 0) is 0 Å². The van der Waals surface area contributed by atoms with Crippen molar-refractivity contribution in [1.29, 1.82) is 10.8 Å². The van der Waals surface area contributed by atoms with Crippen LogP contribution >= 0.6 is 0 Å². The van der Waals surface area contributed by atoms with E-state index in [1.807, 2.05) is 20.8 Å². The summed E-state index contributed by atoms with van der Waals surface area (Å²) in [5.74, 6) is -0.0507. The lowest BCUT2D eigenvalue weighted by Crippen LogP contribution is -2.51. The van der Waals surface area contributed by atoms with Gasteiger partial charge in [-0.1, -0.05) is 13.8 Å². The molecule has 0 heterocycles. The number of hydrogen-bond donors (Lipinski definition) is 4. The van der Waals surface area contributed by atoms with Crippen molar-refractivity contribution in [1.82, 2.24) is 4.90 Å². The quantitative estimate of drug-likeness (QED) is 0.350. The molecular formula is C7H17N5. The van der Waals surface area contributed by atoms with E-state index in [0.29, 0.717) is 5.92 Å². The number of hydrogen-bond acceptors (Lipinski definition) is 2. The highest BCUT2D eigenvalue weighted by Gasteiger charge is 2.20. The summed E-state index contributed by atoms with van der Waals surface area (Å²) in [5, 5.41) is 14.4. The van der Waals surface area contributed by atoms with E-state index >= 15 is 0 Å². The number of nitrogens with one attached hydrogen (secondary N) is 2. The molecule has 0 saturated heterocycles. The minimum absolute atomic E-state index is 0.0139. The van der Waals surface area contributed by atoms with Crippen molar-refractivity contribution in [2.45, 2.75) is 26.8 Å². The van der Waals surface area contributed by atoms with Gasteiger partial charge in [0.25, 0.3) is 0 Å². The van der Waals surface area contributed by atoms with Crippen LogP contribution in [-0.4, -0.2) is 22.9 Å². The summed E-state index contributed by atoms with van der Waals surface area (Å²) in [6, 6.07) is -0.0139. The molecule has 0 aliphatic heterocycles. The molecule has 0 aromatic carbocycles. The number of rotatable bonds is 2. The first-order chi connectivity index (χ1) is 5.37. The molecular weight excluding hydrogens is 154 g/mol. The van der Waals surface area contributed by atoms with Crippen molar-refractivity contribution in [3.8, 4) is 0 Å². The maximum atomic E-state index is 7.19. The molecule has 0 radical (unpaired) electrons. The van der Waals surface area contributed by atoms with E-state index in [0.717, 1.165) is 0 Å². The molecule has 5 heteroatoms. The minimum atomic E-state index is -0.177. The summed E-state index contributed by atoms with van der Waals surface area (Å²) < 4.78 is 0. The van der Waals surface area contributed by atoms with Crippen LogP contribution in [0.3, 0.4) is 0 Å². The van der Waals surface area contributed by atoms with Crippen molar-refractivity contribution in [3.05, 3.63) is 0 Å². The van der Waals surface area contributed by atoms with Gasteiger partial charge in [0.05, 0.1) is 0 Å². The average Bonchev–Trinajstić information content (AvgIpc) is 1.85. The van der Waals surface area contributed by atoms with Gasteiger partial charge in [0.15, 0.2) is 11.9 Å². The second-order valence-electron chi connectivity index (χ2n) is 3.13. The van der Waals surface area contributed by atoms with Crippen LogP contribution in [0.1, 0.15) is 20.8 Å². The van der Waals surface area contributed by atoms with Gasteiger partial charge < -0.3 is 11.5 Å². The van der Waals surface area contributed by atoms with Crippen LogP contribution in [0, 0.1) is 16.7 Å². The van der Waals surface area contributed by atoms with Crippen LogP contribution in [0.15, 0.2) is 0 Å². The molecule has 0 fully saturated rings. The topological polar surface area (TPSA) is 103 Å². The maximum Gasteiger partial charge on any atom is 0.195 e. The predicted octanol–water partition coefficient (Wildman–Crippen LogP) is 0.120. The Balaban J connectivity index is 4.52. The van der Waals surface area contributed by atoms with Crippen molar-refractivity contribution in [3.63, 3.8) is 0 Å². The first-order valence-corrected chi connectivity index (χ1v) is 3.85. The molecule has 0 aromatic heterocycles. The largest absolute Gasteiger partial charge is 0.370 e. The van der Waals surface area contributed by atoms with Crippen molar-refractivity contribution in [2.24, 2.45) is 17.4 Å². The Labute approximate surface area is 72.7 Å². The Morgan fingerprint density at radius 1 is 1.08 bits per heavy atom. The minimum Gasteiger partial charge on any atom is -0.370 e. The summed E-state index contributed by atoms with van der Waals surface area (Å²) in [5.41, 5.74) is 10.5. The zero-order valence-electron chi connectivity index (χ0n) is 7.76. The Morgan fingerprint density at radius 3 is 1.50 bits per heavy atom. The number of guanidine groups is 2. The standard InChI is InChI=1S/C7H17N5/c1-4(2)5(3)12(6(8)9)7(10)11/h4-5H,1-3H3,(H3,8,9)(H3,10,11). The zero-order valence-corrected chi connectivity index (χ0v) is 7.76. The highest BCUT2D eigenvalue weighted by molar-refractivity contribution is 5.94. The van der Waals surface area contributed by atoms with Gasteiger partial charge in [-0.05, 0) is 12.8 Å². The van der Waals surface area contributed by atoms with E-state index in [-0.39, 0.29) is 18.0 Å². The maximum absolute atomic E-state index is 7.19. The molecule has 6 N–H and O–H groups in total. The fourth-order valence-electron chi connectivity index (χ4n) is 0.867. The highest BCUT2D eigenvalue weighted by Crippen LogP contribution is 2.08. The SMILES string of the molecule is CC(C)C(C)N(C(=N)N)C(=N)N. The molecule has 70 valence electrons. The lowest BCUT2D eigenvalue weighted by Gasteiger charge is -2.30. The smallest absolute Gasteiger partial charge is 0.195 e. The van der Waals surface area contributed by atoms with Gasteiger partial charge in [0.1, 0.15) is 0 Å². The molecule has 0 bridgehead atoms. The molecule has 5 nitrogen and oxygen atoms in total. The highest BCUT2D eigenvalue weighted by atomic mass is 15.3. The Bertz CT molecular complexity index is 172. The Morgan fingerprint density at radius 2 is 1.42 bits per heavy atom. The van der Waals surface area contributed by atoms with E-state index in [4.69, 9.17) is 22.3 Å². The van der Waals surface area contributed by atoms with Gasteiger partial charge in [-0.3, -0.25) is 15.7 Å². The van der Waals surface area contributed by atoms with Crippen LogP contribution in [0.25, 0.3) is 0 Å². The summed E-state index contributed by atoms with van der Waals surface area (Å²) in [6.07, 6.45) is 0. The van der Waals surface area contributed by atoms with E-state index < -0.39 is 0 Å². The van der Waals surface area contributed by atoms with E-state index in [9.17, 15) is 0 Å². The number of nitrogens with zero attached hydrogens (tertiary/aromatic N) is 1. The van der Waals surface area contributed by atoms with Gasteiger partial charge in [-0.15, -0.1) is 0 Å². The van der Waals surface area contributed by atoms with Gasteiger partial charge in [-0.25, -0.2) is 0 Å². The Kier molecular flexibility index (Phi) is 3.53. The van der Waals surface area contributed by atoms with Crippen LogP contribution < -0.4 is 11.5 Å². The van der Waals surface area contributed by atoms with Crippen LogP contribution in [0.4, 0.5) is 0 Å². The third kappa shape index (κ3) is 2.41. The summed E-state index contributed by atoms with van der Waals surface area (Å²) in [4.78, 5) is 1.30. The van der Waals surface area contributed by atoms with Crippen molar-refractivity contribution >= 4 is 11.9 Å². The van der Waals surface area contributed by atoms with Crippen LogP contribution in [0.5, 0.6) is 0 Å². The first-order valence-electron chi connectivity index (χ1n) is 3.85. The molecule has 12 heavy (non-hydrogen) atoms. The first kappa shape index (κ1) is 10.7. The van der Waals surface area contributed by atoms with E-state index in [1.165, 1.54) is 4.90 Å². The summed E-state index contributed by atoms with van der Waals surface area (Å²) >= 11 is 0. The lowest BCUT2D eigenvalue weighted by atomic mass is 10.1. The van der Waals surface area contributed by atoms with Gasteiger partial charge in [0, 0.05) is 6.04 Å². The summed E-state index contributed by atoms with van der Waals surface area (Å²) in [7, 11) is 0. The molecule has 0 rings (SSSR count). The molecule has 0 spiro atoms. The lowest BCUT2D eigenvalue weighted by molar-refractivity contribution is 0.353. The molecule has 0 aliphatic carbocycles. The van der Waals surface area contributed by atoms with E-state index in [1.54, 1.807) is 0 Å². The molecule has 0 aromatic rings. The van der Waals surface area contributed by atoms with Crippen LogP contribution in [0.2, 0.25) is 0 Å². The monoisotopic (exact) mass is 171 g/mol. The molecule has 0 amide bonds. The number of nitrogens with two attached hydrogens (primary N) is 2. The fraction of sp³-hybridized carbons (Fsp3) is 0.714. The third-order valence-corrected chi connectivity index (χ3v) is 1.89. The average molecular weight is 171 g/mol. The normalized spacial score (nSPS) is 12.7. The second kappa shape index (κ2) is 3.94. The molecule has 0 aliphatic rings. The molecule has 1 unspecified atom stereocenters. The predicted molar refractivity (Wildman–Crippen MR) is 50.0 cm³/mol. The van der Waals surface area contributed by atoms with Crippen molar-refractivity contribution in [2.75, 3.05) is 0 Å². The van der Waals surface area contributed by atoms with Gasteiger partial charge in [-0.2, -0.15) is 0 Å². The van der Waals surface area contributed by atoms with Crippen molar-refractivity contribution < 1.29 is 0 Å².